The Morgan fingerprint density at radius 1 is 1.23 bits per heavy atom. The molecular formula is C14H8ClF2NO4. The third-order valence-corrected chi connectivity index (χ3v) is 3.03. The van der Waals surface area contributed by atoms with Crippen molar-refractivity contribution < 1.29 is 23.2 Å². The molecule has 0 bridgehead atoms. The van der Waals surface area contributed by atoms with Gasteiger partial charge in [0.25, 0.3) is 5.24 Å². The van der Waals surface area contributed by atoms with Crippen LogP contribution in [0.2, 0.25) is 0 Å². The van der Waals surface area contributed by atoms with Crippen molar-refractivity contribution in [2.75, 3.05) is 0 Å². The molecule has 2 rings (SSSR count). The van der Waals surface area contributed by atoms with Crippen LogP contribution in [0.3, 0.4) is 0 Å². The largest absolute Gasteiger partial charge is 0.447 e. The van der Waals surface area contributed by atoms with Crippen molar-refractivity contribution in [1.29, 1.82) is 0 Å². The number of carbonyl (C=O) groups is 1. The van der Waals surface area contributed by atoms with E-state index in [2.05, 4.69) is 0 Å². The molecule has 0 aliphatic heterocycles. The number of nitro benzene ring substituents is 1. The molecule has 0 aliphatic rings. The molecule has 0 unspecified atom stereocenters. The molecule has 0 fully saturated rings. The fourth-order valence-corrected chi connectivity index (χ4v) is 1.99. The summed E-state index contributed by atoms with van der Waals surface area (Å²) < 4.78 is 31.5. The molecule has 114 valence electrons. The van der Waals surface area contributed by atoms with Crippen LogP contribution in [0.15, 0.2) is 30.3 Å². The predicted molar refractivity (Wildman–Crippen MR) is 74.4 cm³/mol. The number of hydrogen-bond donors (Lipinski definition) is 0. The molecule has 0 radical (unpaired) electrons. The van der Waals surface area contributed by atoms with Crippen LogP contribution in [0.25, 0.3) is 0 Å². The summed E-state index contributed by atoms with van der Waals surface area (Å²) in [6.45, 7) is 1.46. The number of nitro groups is 1. The van der Waals surface area contributed by atoms with Gasteiger partial charge in [0.05, 0.1) is 4.92 Å². The van der Waals surface area contributed by atoms with E-state index in [1.165, 1.54) is 6.92 Å². The van der Waals surface area contributed by atoms with Crippen molar-refractivity contribution >= 4 is 22.5 Å². The zero-order valence-electron chi connectivity index (χ0n) is 11.1. The van der Waals surface area contributed by atoms with Gasteiger partial charge in [0, 0.05) is 23.8 Å². The van der Waals surface area contributed by atoms with Crippen molar-refractivity contribution in [2.24, 2.45) is 0 Å². The molecule has 2 aromatic carbocycles. The summed E-state index contributed by atoms with van der Waals surface area (Å²) in [4.78, 5) is 21.6. The molecule has 0 atom stereocenters. The summed E-state index contributed by atoms with van der Waals surface area (Å²) in [5.41, 5.74) is -0.202. The molecule has 2 aromatic rings. The van der Waals surface area contributed by atoms with Gasteiger partial charge in [0.1, 0.15) is 5.82 Å². The van der Waals surface area contributed by atoms with Gasteiger partial charge in [-0.25, -0.2) is 8.78 Å². The van der Waals surface area contributed by atoms with Crippen molar-refractivity contribution in [3.05, 3.63) is 63.2 Å². The maximum absolute atomic E-state index is 13.6. The molecule has 8 heteroatoms. The maximum atomic E-state index is 13.6. The van der Waals surface area contributed by atoms with Crippen molar-refractivity contribution in [1.82, 2.24) is 0 Å². The molecule has 22 heavy (non-hydrogen) atoms. The number of halogens is 3. The fourth-order valence-electron chi connectivity index (χ4n) is 1.79. The average Bonchev–Trinajstić information content (AvgIpc) is 2.42. The lowest BCUT2D eigenvalue weighted by Crippen LogP contribution is -2.00. The molecule has 5 nitrogen and oxygen atoms in total. The Morgan fingerprint density at radius 3 is 2.45 bits per heavy atom. The van der Waals surface area contributed by atoms with Gasteiger partial charge < -0.3 is 4.74 Å². The number of ether oxygens (including phenoxy) is 1. The summed E-state index contributed by atoms with van der Waals surface area (Å²) >= 11 is 5.38. The lowest BCUT2D eigenvalue weighted by atomic mass is 10.1. The van der Waals surface area contributed by atoms with Crippen LogP contribution in [-0.4, -0.2) is 10.2 Å². The third kappa shape index (κ3) is 3.20. The monoisotopic (exact) mass is 327 g/mol. The Kier molecular flexibility index (Phi) is 4.37. The molecule has 0 amide bonds. The highest BCUT2D eigenvalue weighted by atomic mass is 35.5. The second-order valence-corrected chi connectivity index (χ2v) is 4.69. The van der Waals surface area contributed by atoms with E-state index >= 15 is 0 Å². The van der Waals surface area contributed by atoms with E-state index in [1.807, 2.05) is 0 Å². The molecule has 0 saturated carbocycles. The standard InChI is InChI=1S/C14H8ClF2NO4/c1-7-4-11(18(20)21)13(6-9(7)14(15)19)22-12-3-2-8(16)5-10(12)17/h2-6H,1H3. The maximum Gasteiger partial charge on any atom is 0.311 e. The summed E-state index contributed by atoms with van der Waals surface area (Å²) in [5, 5.41) is 10.2. The summed E-state index contributed by atoms with van der Waals surface area (Å²) in [6.07, 6.45) is 0. The number of aryl methyl sites for hydroxylation is 1. The van der Waals surface area contributed by atoms with E-state index in [1.54, 1.807) is 0 Å². The quantitative estimate of drug-likeness (QED) is 0.475. The Bertz CT molecular complexity index is 780. The zero-order chi connectivity index (χ0) is 16.4. The second-order valence-electron chi connectivity index (χ2n) is 4.34. The molecule has 0 aliphatic carbocycles. The zero-order valence-corrected chi connectivity index (χ0v) is 11.9. The lowest BCUT2D eigenvalue weighted by Gasteiger charge is -2.10. The van der Waals surface area contributed by atoms with E-state index in [0.717, 1.165) is 24.3 Å². The molecule has 0 heterocycles. The van der Waals surface area contributed by atoms with Crippen LogP contribution in [0.4, 0.5) is 14.5 Å². The first-order valence-corrected chi connectivity index (χ1v) is 6.29. The number of benzene rings is 2. The fraction of sp³-hybridized carbons (Fsp3) is 0.0714. The van der Waals surface area contributed by atoms with Crippen molar-refractivity contribution in [3.8, 4) is 11.5 Å². The number of hydrogen-bond acceptors (Lipinski definition) is 4. The molecular weight excluding hydrogens is 320 g/mol. The summed E-state index contributed by atoms with van der Waals surface area (Å²) in [7, 11) is 0. The minimum absolute atomic E-state index is 0.00946. The second kappa shape index (κ2) is 6.07. The topological polar surface area (TPSA) is 69.4 Å². The minimum Gasteiger partial charge on any atom is -0.447 e. The Hall–Kier alpha value is -2.54. The van der Waals surface area contributed by atoms with E-state index in [-0.39, 0.29) is 16.9 Å². The number of nitrogens with zero attached hydrogens (tertiary/aromatic N) is 1. The van der Waals surface area contributed by atoms with Crippen LogP contribution in [0.5, 0.6) is 11.5 Å². The van der Waals surface area contributed by atoms with Crippen LogP contribution >= 0.6 is 11.6 Å². The van der Waals surface area contributed by atoms with Crippen molar-refractivity contribution in [3.63, 3.8) is 0 Å². The minimum atomic E-state index is -1.03. The van der Waals surface area contributed by atoms with Gasteiger partial charge >= 0.3 is 5.69 Å². The first-order valence-electron chi connectivity index (χ1n) is 5.91. The van der Waals surface area contributed by atoms with Gasteiger partial charge in [-0.15, -0.1) is 0 Å². The Morgan fingerprint density at radius 2 is 1.91 bits per heavy atom. The van der Waals surface area contributed by atoms with E-state index in [9.17, 15) is 23.7 Å². The summed E-state index contributed by atoms with van der Waals surface area (Å²) in [6, 6.07) is 4.63. The first kappa shape index (κ1) is 15.8. The van der Waals surface area contributed by atoms with E-state index < -0.39 is 33.2 Å². The third-order valence-electron chi connectivity index (χ3n) is 2.83. The van der Waals surface area contributed by atoms with Gasteiger partial charge in [-0.05, 0) is 36.2 Å². The van der Waals surface area contributed by atoms with Gasteiger partial charge in [-0.2, -0.15) is 0 Å². The molecule has 0 aromatic heterocycles. The SMILES string of the molecule is Cc1cc([N+](=O)[O-])c(Oc2ccc(F)cc2F)cc1C(=O)Cl. The molecule has 0 N–H and O–H groups in total. The van der Waals surface area contributed by atoms with Crippen LogP contribution < -0.4 is 4.74 Å². The van der Waals surface area contributed by atoms with Gasteiger partial charge in [0.2, 0.25) is 5.75 Å². The highest BCUT2D eigenvalue weighted by molar-refractivity contribution is 6.68. The predicted octanol–water partition coefficient (Wildman–Crippen LogP) is 4.35. The molecule has 0 saturated heterocycles. The number of carbonyl (C=O) groups excluding carboxylic acids is 1. The van der Waals surface area contributed by atoms with Crippen molar-refractivity contribution in [2.45, 2.75) is 6.92 Å². The van der Waals surface area contributed by atoms with Crippen LogP contribution in [-0.2, 0) is 0 Å². The highest BCUT2D eigenvalue weighted by Gasteiger charge is 2.22. The molecule has 0 spiro atoms. The Balaban J connectivity index is 2.54. The van der Waals surface area contributed by atoms with E-state index in [0.29, 0.717) is 6.07 Å². The normalized spacial score (nSPS) is 10.4. The van der Waals surface area contributed by atoms with E-state index in [4.69, 9.17) is 16.3 Å². The van der Waals surface area contributed by atoms with Gasteiger partial charge in [-0.1, -0.05) is 0 Å². The number of rotatable bonds is 4. The van der Waals surface area contributed by atoms with Gasteiger partial charge in [0.15, 0.2) is 11.6 Å². The van der Waals surface area contributed by atoms with Gasteiger partial charge in [-0.3, -0.25) is 14.9 Å². The highest BCUT2D eigenvalue weighted by Crippen LogP contribution is 2.35. The lowest BCUT2D eigenvalue weighted by molar-refractivity contribution is -0.385. The van der Waals surface area contributed by atoms with Crippen LogP contribution in [0, 0.1) is 28.7 Å². The smallest absolute Gasteiger partial charge is 0.311 e. The van der Waals surface area contributed by atoms with Crippen LogP contribution in [0.1, 0.15) is 15.9 Å². The first-order chi connectivity index (χ1) is 10.3. The average molecular weight is 328 g/mol. The Labute approximate surface area is 128 Å². The summed E-state index contributed by atoms with van der Waals surface area (Å²) in [5.74, 6) is -2.64.